The molecule has 0 aliphatic rings. The van der Waals surface area contributed by atoms with Crippen LogP contribution in [0.5, 0.6) is 0 Å². The Labute approximate surface area is 205 Å². The lowest BCUT2D eigenvalue weighted by Gasteiger charge is -2.33. The summed E-state index contributed by atoms with van der Waals surface area (Å²) >= 11 is 0. The quantitative estimate of drug-likeness (QED) is 0.503. The molecule has 2 aromatic rings. The van der Waals surface area contributed by atoms with Crippen molar-refractivity contribution in [3.05, 3.63) is 65.7 Å². The van der Waals surface area contributed by atoms with Crippen molar-refractivity contribution in [2.45, 2.75) is 45.8 Å². The SMILES string of the molecule is CC[C@@H](C)NC(=O)[C@H](C)N(Cc1ccc(F)cc1)C(=O)CN(c1ccc(F)cc1)S(=O)(=O)N(C)C. The monoisotopic (exact) mass is 510 g/mol. The van der Waals surface area contributed by atoms with E-state index in [9.17, 15) is 26.8 Å². The summed E-state index contributed by atoms with van der Waals surface area (Å²) in [5.74, 6) is -2.07. The molecule has 0 aromatic heterocycles. The number of nitrogens with zero attached hydrogens (tertiary/aromatic N) is 3. The zero-order valence-corrected chi connectivity index (χ0v) is 21.4. The number of halogens is 2. The molecule has 1 N–H and O–H groups in total. The highest BCUT2D eigenvalue weighted by molar-refractivity contribution is 7.90. The standard InChI is InChI=1S/C24H32F2N4O4S/c1-6-17(2)27-24(32)18(3)29(15-19-7-9-20(25)10-8-19)23(31)16-30(35(33,34)28(4)5)22-13-11-21(26)12-14-22/h7-14,17-18H,6,15-16H2,1-5H3,(H,27,32)/t17-,18+/m1/s1. The predicted octanol–water partition coefficient (Wildman–Crippen LogP) is 2.91. The van der Waals surface area contributed by atoms with Crippen LogP contribution in [0.25, 0.3) is 0 Å². The number of amides is 2. The molecule has 0 unspecified atom stereocenters. The number of hydrogen-bond donors (Lipinski definition) is 1. The fourth-order valence-corrected chi connectivity index (χ4v) is 4.21. The number of nitrogens with one attached hydrogen (secondary N) is 1. The van der Waals surface area contributed by atoms with Gasteiger partial charge in [-0.05, 0) is 62.2 Å². The van der Waals surface area contributed by atoms with E-state index in [1.54, 1.807) is 6.92 Å². The summed E-state index contributed by atoms with van der Waals surface area (Å²) in [5, 5.41) is 2.82. The Balaban J connectivity index is 2.43. The van der Waals surface area contributed by atoms with Gasteiger partial charge in [0.05, 0.1) is 5.69 Å². The molecule has 0 saturated heterocycles. The van der Waals surface area contributed by atoms with E-state index in [4.69, 9.17) is 0 Å². The molecule has 0 fully saturated rings. The summed E-state index contributed by atoms with van der Waals surface area (Å²) in [5.41, 5.74) is 0.652. The second kappa shape index (κ2) is 12.1. The summed E-state index contributed by atoms with van der Waals surface area (Å²) in [6.07, 6.45) is 0.684. The molecule has 35 heavy (non-hydrogen) atoms. The summed E-state index contributed by atoms with van der Waals surface area (Å²) in [6, 6.07) is 9.09. The fraction of sp³-hybridized carbons (Fsp3) is 0.417. The van der Waals surface area contributed by atoms with Gasteiger partial charge in [-0.15, -0.1) is 0 Å². The van der Waals surface area contributed by atoms with Gasteiger partial charge in [0.15, 0.2) is 0 Å². The van der Waals surface area contributed by atoms with E-state index >= 15 is 0 Å². The minimum atomic E-state index is -4.13. The van der Waals surface area contributed by atoms with Crippen LogP contribution in [0.2, 0.25) is 0 Å². The van der Waals surface area contributed by atoms with E-state index in [0.717, 1.165) is 20.7 Å². The molecule has 0 bridgehead atoms. The van der Waals surface area contributed by atoms with Gasteiger partial charge < -0.3 is 10.2 Å². The van der Waals surface area contributed by atoms with Crippen LogP contribution in [0.3, 0.4) is 0 Å². The van der Waals surface area contributed by atoms with Crippen molar-refractivity contribution in [1.82, 2.24) is 14.5 Å². The third-order valence-electron chi connectivity index (χ3n) is 5.57. The molecular weight excluding hydrogens is 478 g/mol. The molecule has 2 atom stereocenters. The van der Waals surface area contributed by atoms with Gasteiger partial charge in [0.2, 0.25) is 11.8 Å². The van der Waals surface area contributed by atoms with Gasteiger partial charge in [0.1, 0.15) is 24.2 Å². The van der Waals surface area contributed by atoms with E-state index < -0.39 is 46.2 Å². The molecule has 0 aliphatic heterocycles. The smallest absolute Gasteiger partial charge is 0.304 e. The van der Waals surface area contributed by atoms with Crippen LogP contribution in [-0.2, 0) is 26.3 Å². The summed E-state index contributed by atoms with van der Waals surface area (Å²) in [6.45, 7) is 4.60. The molecule has 0 heterocycles. The molecule has 0 radical (unpaired) electrons. The fourth-order valence-electron chi connectivity index (χ4n) is 3.16. The first kappa shape index (κ1) is 28.2. The molecule has 0 aliphatic carbocycles. The maximum atomic E-state index is 13.5. The summed E-state index contributed by atoms with van der Waals surface area (Å²) in [4.78, 5) is 27.6. The van der Waals surface area contributed by atoms with Crippen molar-refractivity contribution in [2.75, 3.05) is 24.9 Å². The highest BCUT2D eigenvalue weighted by Gasteiger charge is 2.32. The minimum Gasteiger partial charge on any atom is -0.352 e. The van der Waals surface area contributed by atoms with Gasteiger partial charge in [-0.3, -0.25) is 9.59 Å². The van der Waals surface area contributed by atoms with Gasteiger partial charge in [-0.1, -0.05) is 19.1 Å². The third-order valence-corrected chi connectivity index (χ3v) is 7.39. The molecule has 8 nitrogen and oxygen atoms in total. The van der Waals surface area contributed by atoms with E-state index in [1.165, 1.54) is 55.4 Å². The van der Waals surface area contributed by atoms with Crippen LogP contribution in [0, 0.1) is 11.6 Å². The molecule has 2 rings (SSSR count). The van der Waals surface area contributed by atoms with Gasteiger partial charge in [-0.25, -0.2) is 13.1 Å². The van der Waals surface area contributed by atoms with E-state index in [0.29, 0.717) is 12.0 Å². The summed E-state index contributed by atoms with van der Waals surface area (Å²) in [7, 11) is -1.51. The van der Waals surface area contributed by atoms with Crippen molar-refractivity contribution in [2.24, 2.45) is 0 Å². The Morgan fingerprint density at radius 3 is 1.94 bits per heavy atom. The lowest BCUT2D eigenvalue weighted by Crippen LogP contribution is -2.53. The number of rotatable bonds is 11. The molecule has 0 saturated carbocycles. The zero-order chi connectivity index (χ0) is 26.3. The number of anilines is 1. The second-order valence-corrected chi connectivity index (χ2v) is 10.5. The Bertz CT molecular complexity index is 1110. The number of carbonyl (C=O) groups excluding carboxylic acids is 2. The van der Waals surface area contributed by atoms with Crippen molar-refractivity contribution >= 4 is 27.7 Å². The van der Waals surface area contributed by atoms with Crippen LogP contribution in [0.4, 0.5) is 14.5 Å². The van der Waals surface area contributed by atoms with E-state index in [-0.39, 0.29) is 18.3 Å². The van der Waals surface area contributed by atoms with Gasteiger partial charge in [-0.2, -0.15) is 12.7 Å². The van der Waals surface area contributed by atoms with E-state index in [1.807, 2.05) is 13.8 Å². The van der Waals surface area contributed by atoms with Crippen molar-refractivity contribution < 1.29 is 26.8 Å². The van der Waals surface area contributed by atoms with Gasteiger partial charge in [0.25, 0.3) is 0 Å². The molecular formula is C24H32F2N4O4S. The van der Waals surface area contributed by atoms with Crippen LogP contribution >= 0.6 is 0 Å². The maximum absolute atomic E-state index is 13.5. The predicted molar refractivity (Wildman–Crippen MR) is 131 cm³/mol. The van der Waals surface area contributed by atoms with Gasteiger partial charge in [0, 0.05) is 26.7 Å². The maximum Gasteiger partial charge on any atom is 0.304 e. The Hall–Kier alpha value is -3.05. The average Bonchev–Trinajstić information content (AvgIpc) is 2.81. The van der Waals surface area contributed by atoms with E-state index in [2.05, 4.69) is 5.32 Å². The zero-order valence-electron chi connectivity index (χ0n) is 20.5. The second-order valence-electron chi connectivity index (χ2n) is 8.42. The molecule has 192 valence electrons. The van der Waals surface area contributed by atoms with Crippen LogP contribution < -0.4 is 9.62 Å². The molecule has 2 aromatic carbocycles. The third kappa shape index (κ3) is 7.46. The number of carbonyl (C=O) groups is 2. The first-order chi connectivity index (χ1) is 16.4. The first-order valence-electron chi connectivity index (χ1n) is 11.2. The normalized spacial score (nSPS) is 13.3. The highest BCUT2D eigenvalue weighted by Crippen LogP contribution is 2.21. The molecule has 2 amide bonds. The molecule has 0 spiro atoms. The first-order valence-corrected chi connectivity index (χ1v) is 12.6. The van der Waals surface area contributed by atoms with Crippen molar-refractivity contribution in [1.29, 1.82) is 0 Å². The largest absolute Gasteiger partial charge is 0.352 e. The topological polar surface area (TPSA) is 90.0 Å². The number of hydrogen-bond acceptors (Lipinski definition) is 4. The summed E-state index contributed by atoms with van der Waals surface area (Å²) < 4.78 is 54.7. The van der Waals surface area contributed by atoms with Crippen LogP contribution in [-0.4, -0.2) is 62.2 Å². The highest BCUT2D eigenvalue weighted by atomic mass is 32.2. The van der Waals surface area contributed by atoms with Gasteiger partial charge >= 0.3 is 10.2 Å². The van der Waals surface area contributed by atoms with Crippen molar-refractivity contribution in [3.8, 4) is 0 Å². The lowest BCUT2D eigenvalue weighted by atomic mass is 10.1. The van der Waals surface area contributed by atoms with Crippen LogP contribution in [0.15, 0.2) is 48.5 Å². The van der Waals surface area contributed by atoms with Crippen molar-refractivity contribution in [3.63, 3.8) is 0 Å². The minimum absolute atomic E-state index is 0.0481. The Morgan fingerprint density at radius 2 is 1.46 bits per heavy atom. The number of benzene rings is 2. The Kier molecular flexibility index (Phi) is 9.73. The average molecular weight is 511 g/mol. The molecule has 11 heteroatoms. The lowest BCUT2D eigenvalue weighted by molar-refractivity contribution is -0.139. The van der Waals surface area contributed by atoms with Crippen LogP contribution in [0.1, 0.15) is 32.8 Å². The Morgan fingerprint density at radius 1 is 0.943 bits per heavy atom.